The molecule has 0 unspecified atom stereocenters. The zero-order chi connectivity index (χ0) is 18.5. The molecule has 0 radical (unpaired) electrons. The standard InChI is InChI=1S/C18H17Cl2N3O2S/c19-14-4-2-1-3-13(14)17(24)22-18(26)21-12-5-6-16(15(20)11-12)23-7-9-25-10-8-23/h1-6,11H,7-10H2,(H2,21,22,24,26). The molecule has 1 aliphatic heterocycles. The van der Waals surface area contributed by atoms with E-state index in [0.29, 0.717) is 34.5 Å². The zero-order valence-corrected chi connectivity index (χ0v) is 16.1. The molecular formula is C18H17Cl2N3O2S. The number of hydrogen-bond acceptors (Lipinski definition) is 4. The number of ether oxygens (including phenoxy) is 1. The van der Waals surface area contributed by atoms with E-state index in [1.54, 1.807) is 30.3 Å². The lowest BCUT2D eigenvalue weighted by molar-refractivity contribution is 0.0978. The minimum atomic E-state index is -0.371. The number of anilines is 2. The van der Waals surface area contributed by atoms with Gasteiger partial charge in [0.05, 0.1) is 34.5 Å². The lowest BCUT2D eigenvalue weighted by Gasteiger charge is -2.29. The number of rotatable bonds is 3. The van der Waals surface area contributed by atoms with Crippen molar-refractivity contribution in [1.29, 1.82) is 0 Å². The third-order valence-electron chi connectivity index (χ3n) is 3.90. The van der Waals surface area contributed by atoms with E-state index in [9.17, 15) is 4.79 Å². The number of amides is 1. The van der Waals surface area contributed by atoms with E-state index >= 15 is 0 Å². The summed E-state index contributed by atoms with van der Waals surface area (Å²) in [5.74, 6) is -0.371. The van der Waals surface area contributed by atoms with Gasteiger partial charge in [0.25, 0.3) is 5.91 Å². The van der Waals surface area contributed by atoms with Gasteiger partial charge >= 0.3 is 0 Å². The Hall–Kier alpha value is -1.86. The third-order valence-corrected chi connectivity index (χ3v) is 4.74. The van der Waals surface area contributed by atoms with Crippen molar-refractivity contribution >= 4 is 57.8 Å². The van der Waals surface area contributed by atoms with Crippen LogP contribution in [0.25, 0.3) is 0 Å². The monoisotopic (exact) mass is 409 g/mol. The van der Waals surface area contributed by atoms with Crippen molar-refractivity contribution in [3.05, 3.63) is 58.1 Å². The largest absolute Gasteiger partial charge is 0.378 e. The van der Waals surface area contributed by atoms with Crippen LogP contribution in [0, 0.1) is 0 Å². The summed E-state index contributed by atoms with van der Waals surface area (Å²) in [4.78, 5) is 14.4. The summed E-state index contributed by atoms with van der Waals surface area (Å²) in [5.41, 5.74) is 2.00. The van der Waals surface area contributed by atoms with Crippen LogP contribution in [0.5, 0.6) is 0 Å². The number of halogens is 2. The van der Waals surface area contributed by atoms with Gasteiger partial charge in [0.15, 0.2) is 5.11 Å². The quantitative estimate of drug-likeness (QED) is 0.751. The van der Waals surface area contributed by atoms with E-state index in [-0.39, 0.29) is 11.0 Å². The predicted molar refractivity (Wildman–Crippen MR) is 110 cm³/mol. The second-order valence-electron chi connectivity index (χ2n) is 5.65. The Kier molecular flexibility index (Phi) is 6.32. The highest BCUT2D eigenvalue weighted by molar-refractivity contribution is 7.80. The van der Waals surface area contributed by atoms with Gasteiger partial charge < -0.3 is 15.0 Å². The van der Waals surface area contributed by atoms with Crippen molar-refractivity contribution in [2.45, 2.75) is 0 Å². The molecule has 0 spiro atoms. The fourth-order valence-electron chi connectivity index (χ4n) is 2.62. The molecule has 1 heterocycles. The van der Waals surface area contributed by atoms with E-state index in [1.807, 2.05) is 12.1 Å². The zero-order valence-electron chi connectivity index (χ0n) is 13.8. The van der Waals surface area contributed by atoms with Gasteiger partial charge in [-0.2, -0.15) is 0 Å². The maximum Gasteiger partial charge on any atom is 0.258 e. The van der Waals surface area contributed by atoms with Gasteiger partial charge in [0, 0.05) is 18.8 Å². The van der Waals surface area contributed by atoms with Crippen LogP contribution < -0.4 is 15.5 Å². The Morgan fingerprint density at radius 3 is 2.50 bits per heavy atom. The number of benzene rings is 2. The topological polar surface area (TPSA) is 53.6 Å². The van der Waals surface area contributed by atoms with Crippen LogP contribution in [-0.4, -0.2) is 37.3 Å². The van der Waals surface area contributed by atoms with Crippen LogP contribution in [0.4, 0.5) is 11.4 Å². The maximum absolute atomic E-state index is 12.2. The second kappa shape index (κ2) is 8.68. The summed E-state index contributed by atoms with van der Waals surface area (Å²) in [6.45, 7) is 2.99. The van der Waals surface area contributed by atoms with Crippen molar-refractivity contribution in [2.24, 2.45) is 0 Å². The molecule has 0 aromatic heterocycles. The molecular weight excluding hydrogens is 393 g/mol. The molecule has 2 aromatic carbocycles. The Bertz CT molecular complexity index is 826. The Morgan fingerprint density at radius 1 is 1.08 bits per heavy atom. The van der Waals surface area contributed by atoms with Gasteiger partial charge in [-0.3, -0.25) is 10.1 Å². The second-order valence-corrected chi connectivity index (χ2v) is 6.88. The van der Waals surface area contributed by atoms with Crippen molar-refractivity contribution in [1.82, 2.24) is 5.32 Å². The van der Waals surface area contributed by atoms with Gasteiger partial charge in [-0.1, -0.05) is 35.3 Å². The number of thiocarbonyl (C=S) groups is 1. The Labute approximate surface area is 167 Å². The molecule has 8 heteroatoms. The molecule has 0 aliphatic carbocycles. The molecule has 1 aliphatic rings. The van der Waals surface area contributed by atoms with E-state index < -0.39 is 0 Å². The van der Waals surface area contributed by atoms with Gasteiger partial charge in [-0.25, -0.2) is 0 Å². The highest BCUT2D eigenvalue weighted by Crippen LogP contribution is 2.29. The molecule has 0 atom stereocenters. The SMILES string of the molecule is O=C(NC(=S)Nc1ccc(N2CCOCC2)c(Cl)c1)c1ccccc1Cl. The minimum Gasteiger partial charge on any atom is -0.378 e. The fourth-order valence-corrected chi connectivity index (χ4v) is 3.36. The molecule has 26 heavy (non-hydrogen) atoms. The number of hydrogen-bond donors (Lipinski definition) is 2. The average Bonchev–Trinajstić information content (AvgIpc) is 2.62. The molecule has 1 fully saturated rings. The molecule has 5 nitrogen and oxygen atoms in total. The van der Waals surface area contributed by atoms with Gasteiger partial charge in [0.2, 0.25) is 0 Å². The first-order valence-corrected chi connectivity index (χ1v) is 9.20. The molecule has 2 N–H and O–H groups in total. The van der Waals surface area contributed by atoms with Crippen molar-refractivity contribution in [3.63, 3.8) is 0 Å². The molecule has 0 saturated carbocycles. The molecule has 1 saturated heterocycles. The fraction of sp³-hybridized carbons (Fsp3) is 0.222. The van der Waals surface area contributed by atoms with E-state index in [1.165, 1.54) is 0 Å². The molecule has 3 rings (SSSR count). The third kappa shape index (κ3) is 4.65. The van der Waals surface area contributed by atoms with Gasteiger partial charge in [-0.15, -0.1) is 0 Å². The van der Waals surface area contributed by atoms with Crippen LogP contribution in [0.15, 0.2) is 42.5 Å². The first-order valence-electron chi connectivity index (χ1n) is 8.04. The van der Waals surface area contributed by atoms with Gasteiger partial charge in [0.1, 0.15) is 0 Å². The molecule has 136 valence electrons. The van der Waals surface area contributed by atoms with Crippen LogP contribution >= 0.6 is 35.4 Å². The summed E-state index contributed by atoms with van der Waals surface area (Å²) in [7, 11) is 0. The number of carbonyl (C=O) groups excluding carboxylic acids is 1. The van der Waals surface area contributed by atoms with E-state index in [0.717, 1.165) is 18.8 Å². The van der Waals surface area contributed by atoms with Crippen LogP contribution in [-0.2, 0) is 4.74 Å². The summed E-state index contributed by atoms with van der Waals surface area (Å²) in [6.07, 6.45) is 0. The maximum atomic E-state index is 12.2. The number of nitrogens with zero attached hydrogens (tertiary/aromatic N) is 1. The van der Waals surface area contributed by atoms with Gasteiger partial charge in [-0.05, 0) is 42.5 Å². The van der Waals surface area contributed by atoms with E-state index in [4.69, 9.17) is 40.2 Å². The van der Waals surface area contributed by atoms with Crippen molar-refractivity contribution in [2.75, 3.05) is 36.5 Å². The molecule has 1 amide bonds. The van der Waals surface area contributed by atoms with E-state index in [2.05, 4.69) is 15.5 Å². The predicted octanol–water partition coefficient (Wildman–Crippen LogP) is 3.96. The Morgan fingerprint density at radius 2 is 1.81 bits per heavy atom. The highest BCUT2D eigenvalue weighted by atomic mass is 35.5. The first kappa shape index (κ1) is 18.9. The average molecular weight is 410 g/mol. The van der Waals surface area contributed by atoms with Crippen LogP contribution in [0.2, 0.25) is 10.0 Å². The molecule has 0 bridgehead atoms. The van der Waals surface area contributed by atoms with Crippen LogP contribution in [0.3, 0.4) is 0 Å². The number of carbonyl (C=O) groups is 1. The summed E-state index contributed by atoms with van der Waals surface area (Å²) in [5, 5.41) is 6.72. The minimum absolute atomic E-state index is 0.171. The summed E-state index contributed by atoms with van der Waals surface area (Å²) >= 11 is 17.6. The first-order chi connectivity index (χ1) is 12.5. The lowest BCUT2D eigenvalue weighted by atomic mass is 10.2. The summed E-state index contributed by atoms with van der Waals surface area (Å²) in [6, 6.07) is 12.3. The highest BCUT2D eigenvalue weighted by Gasteiger charge is 2.15. The number of morpholine rings is 1. The van der Waals surface area contributed by atoms with Crippen molar-refractivity contribution in [3.8, 4) is 0 Å². The van der Waals surface area contributed by atoms with Crippen molar-refractivity contribution < 1.29 is 9.53 Å². The Balaban J connectivity index is 1.63. The summed E-state index contributed by atoms with van der Waals surface area (Å²) < 4.78 is 5.36. The molecule has 2 aromatic rings. The normalized spacial score (nSPS) is 14.0. The van der Waals surface area contributed by atoms with Crippen LogP contribution in [0.1, 0.15) is 10.4 Å². The number of nitrogens with one attached hydrogen (secondary N) is 2. The lowest BCUT2D eigenvalue weighted by Crippen LogP contribution is -2.36. The smallest absolute Gasteiger partial charge is 0.258 e.